The molecule has 0 spiro atoms. The lowest BCUT2D eigenvalue weighted by molar-refractivity contribution is -0.276. The van der Waals surface area contributed by atoms with Gasteiger partial charge in [-0.2, -0.15) is 13.2 Å². The minimum absolute atomic E-state index is 0.241. The van der Waals surface area contributed by atoms with Gasteiger partial charge in [0.1, 0.15) is 0 Å². The highest BCUT2D eigenvalue weighted by molar-refractivity contribution is 5.80. The number of alkyl halides is 6. The molecular weight excluding hydrogens is 272 g/mol. The average molecular weight is 275 g/mol. The molecule has 0 aromatic carbocycles. The number of hydrogen-bond acceptors (Lipinski definition) is 4. The van der Waals surface area contributed by atoms with E-state index in [-0.39, 0.29) is 12.4 Å². The van der Waals surface area contributed by atoms with Gasteiger partial charge in [-0.3, -0.25) is 4.79 Å². The van der Waals surface area contributed by atoms with E-state index >= 15 is 0 Å². The Kier molecular flexibility index (Phi) is 3.40. The second-order valence-corrected chi connectivity index (χ2v) is 2.91. The van der Waals surface area contributed by atoms with E-state index < -0.39 is 35.4 Å². The van der Waals surface area contributed by atoms with Gasteiger partial charge in [-0.15, -0.1) is 13.2 Å². The highest BCUT2D eigenvalue weighted by Crippen LogP contribution is 2.38. The molecule has 0 amide bonds. The van der Waals surface area contributed by atoms with E-state index in [9.17, 15) is 31.1 Å². The highest BCUT2D eigenvalue weighted by atomic mass is 19.4. The largest absolute Gasteiger partial charge is 0.574 e. The molecule has 0 radical (unpaired) electrons. The molecule has 0 unspecified atom stereocenters. The predicted octanol–water partition coefficient (Wildman–Crippen LogP) is 2.52. The summed E-state index contributed by atoms with van der Waals surface area (Å²) in [6.45, 7) is 0. The van der Waals surface area contributed by atoms with Crippen LogP contribution in [-0.4, -0.2) is 22.7 Å². The van der Waals surface area contributed by atoms with E-state index in [2.05, 4.69) is 9.72 Å². The molecule has 0 aliphatic carbocycles. The summed E-state index contributed by atoms with van der Waals surface area (Å²) < 4.78 is 75.5. The molecule has 0 saturated carbocycles. The molecule has 1 N–H and O–H groups in total. The summed E-state index contributed by atoms with van der Waals surface area (Å²) in [5.74, 6) is -3.05. The van der Waals surface area contributed by atoms with Gasteiger partial charge in [-0.1, -0.05) is 0 Å². The van der Waals surface area contributed by atoms with Gasteiger partial charge >= 0.3 is 12.5 Å². The van der Waals surface area contributed by atoms with Crippen LogP contribution in [0, 0.1) is 0 Å². The van der Waals surface area contributed by atoms with Crippen molar-refractivity contribution >= 4 is 6.29 Å². The summed E-state index contributed by atoms with van der Waals surface area (Å²) in [5, 5.41) is 9.00. The number of aromatic hydroxyl groups is 1. The summed E-state index contributed by atoms with van der Waals surface area (Å²) in [6.07, 6.45) is -10.8. The van der Waals surface area contributed by atoms with Crippen LogP contribution in [0.5, 0.6) is 11.6 Å². The second kappa shape index (κ2) is 4.35. The average Bonchev–Trinajstić information content (AvgIpc) is 2.16. The van der Waals surface area contributed by atoms with Crippen molar-refractivity contribution in [1.29, 1.82) is 0 Å². The number of nitrogens with zero attached hydrogens (tertiary/aromatic N) is 1. The van der Waals surface area contributed by atoms with Gasteiger partial charge in [-0.25, -0.2) is 4.98 Å². The molecule has 0 saturated heterocycles. The smallest absolute Gasteiger partial charge is 0.505 e. The SMILES string of the molecule is O=Cc1cc(OC(F)(F)F)nc(C(F)(F)F)c1O. The zero-order valence-electron chi connectivity index (χ0n) is 8.13. The minimum Gasteiger partial charge on any atom is -0.505 e. The van der Waals surface area contributed by atoms with Crippen LogP contribution in [0.3, 0.4) is 0 Å². The highest BCUT2D eigenvalue weighted by Gasteiger charge is 2.39. The van der Waals surface area contributed by atoms with Crippen molar-refractivity contribution < 1.29 is 41.0 Å². The molecule has 1 aromatic heterocycles. The number of halogens is 6. The van der Waals surface area contributed by atoms with Gasteiger partial charge in [0.25, 0.3) is 0 Å². The van der Waals surface area contributed by atoms with E-state index in [1.165, 1.54) is 0 Å². The molecule has 100 valence electrons. The number of aromatic nitrogens is 1. The number of pyridine rings is 1. The summed E-state index contributed by atoms with van der Waals surface area (Å²) in [5.41, 5.74) is -3.05. The first kappa shape index (κ1) is 14.1. The molecular formula is C8H3F6NO3. The second-order valence-electron chi connectivity index (χ2n) is 2.91. The Bertz CT molecular complexity index is 467. The fraction of sp³-hybridized carbons (Fsp3) is 0.250. The van der Waals surface area contributed by atoms with E-state index in [4.69, 9.17) is 5.11 Å². The number of hydrogen-bond donors (Lipinski definition) is 1. The molecule has 0 fully saturated rings. The van der Waals surface area contributed by atoms with Gasteiger partial charge in [0.2, 0.25) is 5.88 Å². The van der Waals surface area contributed by atoms with Crippen LogP contribution in [0.4, 0.5) is 26.3 Å². The van der Waals surface area contributed by atoms with Gasteiger partial charge in [-0.05, 0) is 0 Å². The molecule has 0 aliphatic rings. The predicted molar refractivity (Wildman–Crippen MR) is 43.0 cm³/mol. The van der Waals surface area contributed by atoms with Crippen LogP contribution >= 0.6 is 0 Å². The zero-order chi connectivity index (χ0) is 14.1. The Morgan fingerprint density at radius 2 is 1.78 bits per heavy atom. The van der Waals surface area contributed by atoms with Crippen molar-refractivity contribution in [3.63, 3.8) is 0 Å². The Morgan fingerprint density at radius 1 is 1.22 bits per heavy atom. The molecule has 0 bridgehead atoms. The summed E-state index contributed by atoms with van der Waals surface area (Å²) in [4.78, 5) is 12.8. The van der Waals surface area contributed by atoms with Crippen molar-refractivity contribution in [1.82, 2.24) is 4.98 Å². The van der Waals surface area contributed by atoms with Crippen molar-refractivity contribution in [2.24, 2.45) is 0 Å². The van der Waals surface area contributed by atoms with Gasteiger partial charge in [0.15, 0.2) is 17.7 Å². The van der Waals surface area contributed by atoms with Gasteiger partial charge < -0.3 is 9.84 Å². The molecule has 4 nitrogen and oxygen atoms in total. The maximum atomic E-state index is 12.3. The van der Waals surface area contributed by atoms with Crippen LogP contribution in [0.1, 0.15) is 16.1 Å². The first-order valence-electron chi connectivity index (χ1n) is 4.06. The summed E-state index contributed by atoms with van der Waals surface area (Å²) in [7, 11) is 0. The number of ether oxygens (including phenoxy) is 1. The fourth-order valence-electron chi connectivity index (χ4n) is 0.992. The maximum absolute atomic E-state index is 12.3. The fourth-order valence-corrected chi connectivity index (χ4v) is 0.992. The van der Waals surface area contributed by atoms with E-state index in [0.717, 1.165) is 0 Å². The van der Waals surface area contributed by atoms with Crippen LogP contribution in [0.2, 0.25) is 0 Å². The Hall–Kier alpha value is -2.00. The number of carbonyl (C=O) groups is 1. The molecule has 0 atom stereocenters. The lowest BCUT2D eigenvalue weighted by Crippen LogP contribution is -2.19. The van der Waals surface area contributed by atoms with Gasteiger partial charge in [0.05, 0.1) is 5.56 Å². The van der Waals surface area contributed by atoms with Crippen molar-refractivity contribution in [2.45, 2.75) is 12.5 Å². The third-order valence-corrected chi connectivity index (χ3v) is 1.61. The van der Waals surface area contributed by atoms with E-state index in [1.54, 1.807) is 0 Å². The normalized spacial score (nSPS) is 12.3. The lowest BCUT2D eigenvalue weighted by atomic mass is 10.2. The minimum atomic E-state index is -5.27. The van der Waals surface area contributed by atoms with Crippen LogP contribution in [0.15, 0.2) is 6.07 Å². The van der Waals surface area contributed by atoms with Crippen molar-refractivity contribution in [2.75, 3.05) is 0 Å². The number of rotatable bonds is 2. The van der Waals surface area contributed by atoms with Crippen LogP contribution < -0.4 is 4.74 Å². The Labute approximate surface area is 94.8 Å². The first-order chi connectivity index (χ1) is 8.04. The van der Waals surface area contributed by atoms with Gasteiger partial charge in [0, 0.05) is 6.07 Å². The summed E-state index contributed by atoms with van der Waals surface area (Å²) >= 11 is 0. The number of carbonyl (C=O) groups excluding carboxylic acids is 1. The monoisotopic (exact) mass is 275 g/mol. The van der Waals surface area contributed by atoms with Crippen LogP contribution in [0.25, 0.3) is 0 Å². The standard InChI is InChI=1S/C8H3F6NO3/c9-7(10,11)6-5(17)3(2-16)1-4(15-6)18-8(12,13)14/h1-2,17H. The van der Waals surface area contributed by atoms with Crippen LogP contribution in [-0.2, 0) is 6.18 Å². The molecule has 18 heavy (non-hydrogen) atoms. The lowest BCUT2D eigenvalue weighted by Gasteiger charge is -2.13. The number of aldehydes is 1. The van der Waals surface area contributed by atoms with Crippen molar-refractivity contribution in [3.05, 3.63) is 17.3 Å². The molecule has 1 aromatic rings. The topological polar surface area (TPSA) is 59.4 Å². The Balaban J connectivity index is 3.36. The summed E-state index contributed by atoms with van der Waals surface area (Å²) in [6, 6.07) is 0.241. The third-order valence-electron chi connectivity index (χ3n) is 1.61. The maximum Gasteiger partial charge on any atom is 0.574 e. The van der Waals surface area contributed by atoms with E-state index in [1.807, 2.05) is 0 Å². The van der Waals surface area contributed by atoms with E-state index in [0.29, 0.717) is 0 Å². The molecule has 0 aliphatic heterocycles. The quantitative estimate of drug-likeness (QED) is 0.665. The third kappa shape index (κ3) is 3.25. The molecule has 1 rings (SSSR count). The molecule has 1 heterocycles. The molecule has 10 heteroatoms. The first-order valence-corrected chi connectivity index (χ1v) is 4.06. The zero-order valence-corrected chi connectivity index (χ0v) is 8.13. The van der Waals surface area contributed by atoms with Crippen molar-refractivity contribution in [3.8, 4) is 11.6 Å². The Morgan fingerprint density at radius 3 is 2.17 bits per heavy atom.